The standard InChI is InChI=1S/C8H14N2O3S/c1-14-6-8(10(11)12)9-4-7-2-3-13-5-7/h6-7,9H,2-5H2,1H3. The Balaban J connectivity index is 2.32. The van der Waals surface area contributed by atoms with E-state index in [4.69, 9.17) is 4.74 Å². The first-order valence-electron chi connectivity index (χ1n) is 4.43. The van der Waals surface area contributed by atoms with Gasteiger partial charge in [0.2, 0.25) is 0 Å². The average molecular weight is 218 g/mol. The first-order valence-corrected chi connectivity index (χ1v) is 5.71. The largest absolute Gasteiger partial charge is 0.381 e. The molecule has 0 saturated carbocycles. The van der Waals surface area contributed by atoms with E-state index in [1.807, 2.05) is 0 Å². The molecule has 0 aromatic rings. The summed E-state index contributed by atoms with van der Waals surface area (Å²) in [4.78, 5) is 10.1. The molecule has 14 heavy (non-hydrogen) atoms. The van der Waals surface area contributed by atoms with E-state index in [2.05, 4.69) is 5.32 Å². The Labute approximate surface area is 87.0 Å². The van der Waals surface area contributed by atoms with Gasteiger partial charge in [-0.05, 0) is 17.6 Å². The molecule has 0 amide bonds. The van der Waals surface area contributed by atoms with Crippen LogP contribution in [0.2, 0.25) is 0 Å². The summed E-state index contributed by atoms with van der Waals surface area (Å²) >= 11 is 1.32. The number of ether oxygens (including phenoxy) is 1. The molecule has 1 aliphatic heterocycles. The topological polar surface area (TPSA) is 64.4 Å². The third-order valence-corrected chi connectivity index (χ3v) is 2.48. The molecule has 0 spiro atoms. The van der Waals surface area contributed by atoms with Crippen LogP contribution in [0, 0.1) is 16.0 Å². The molecule has 80 valence electrons. The third kappa shape index (κ3) is 3.55. The molecule has 0 bridgehead atoms. The summed E-state index contributed by atoms with van der Waals surface area (Å²) < 4.78 is 5.18. The predicted octanol–water partition coefficient (Wildman–Crippen LogP) is 1.05. The van der Waals surface area contributed by atoms with Gasteiger partial charge in [0.05, 0.1) is 18.6 Å². The number of hydrogen-bond donors (Lipinski definition) is 1. The molecule has 1 rings (SSSR count). The Morgan fingerprint density at radius 3 is 3.14 bits per heavy atom. The maximum absolute atomic E-state index is 10.5. The molecule has 0 aromatic heterocycles. The van der Waals surface area contributed by atoms with Gasteiger partial charge in [-0.3, -0.25) is 5.32 Å². The zero-order chi connectivity index (χ0) is 10.4. The van der Waals surface area contributed by atoms with Crippen LogP contribution in [0.1, 0.15) is 6.42 Å². The molecule has 6 heteroatoms. The van der Waals surface area contributed by atoms with Gasteiger partial charge >= 0.3 is 5.82 Å². The second-order valence-electron chi connectivity index (χ2n) is 3.11. The molecular weight excluding hydrogens is 204 g/mol. The summed E-state index contributed by atoms with van der Waals surface area (Å²) in [7, 11) is 0. The van der Waals surface area contributed by atoms with Gasteiger partial charge in [0.1, 0.15) is 0 Å². The van der Waals surface area contributed by atoms with E-state index < -0.39 is 4.92 Å². The maximum Gasteiger partial charge on any atom is 0.322 e. The van der Waals surface area contributed by atoms with Crippen molar-refractivity contribution in [3.05, 3.63) is 21.3 Å². The lowest BCUT2D eigenvalue weighted by Gasteiger charge is -2.06. The lowest BCUT2D eigenvalue weighted by atomic mass is 10.1. The molecule has 1 aliphatic rings. The molecule has 1 heterocycles. The van der Waals surface area contributed by atoms with Crippen LogP contribution in [0.3, 0.4) is 0 Å². The zero-order valence-electron chi connectivity index (χ0n) is 8.06. The molecule has 0 aromatic carbocycles. The molecule has 1 N–H and O–H groups in total. The Morgan fingerprint density at radius 1 is 1.86 bits per heavy atom. The molecule has 1 saturated heterocycles. The summed E-state index contributed by atoms with van der Waals surface area (Å²) in [5.41, 5.74) is 0. The van der Waals surface area contributed by atoms with Gasteiger partial charge in [-0.2, -0.15) is 0 Å². The van der Waals surface area contributed by atoms with Crippen molar-refractivity contribution < 1.29 is 9.66 Å². The van der Waals surface area contributed by atoms with E-state index in [0.717, 1.165) is 13.0 Å². The molecule has 1 fully saturated rings. The van der Waals surface area contributed by atoms with Crippen LogP contribution >= 0.6 is 11.8 Å². The fraction of sp³-hybridized carbons (Fsp3) is 0.750. The van der Waals surface area contributed by atoms with Gasteiger partial charge in [-0.15, -0.1) is 11.8 Å². The number of nitro groups is 1. The molecule has 1 atom stereocenters. The Bertz CT molecular complexity index is 227. The van der Waals surface area contributed by atoms with Crippen molar-refractivity contribution in [1.29, 1.82) is 0 Å². The van der Waals surface area contributed by atoms with E-state index in [9.17, 15) is 10.1 Å². The van der Waals surface area contributed by atoms with Gasteiger partial charge in [0.25, 0.3) is 0 Å². The number of rotatable bonds is 5. The van der Waals surface area contributed by atoms with Crippen molar-refractivity contribution in [2.45, 2.75) is 6.42 Å². The van der Waals surface area contributed by atoms with Crippen molar-refractivity contribution in [2.24, 2.45) is 5.92 Å². The summed E-state index contributed by atoms with van der Waals surface area (Å²) in [5.74, 6) is 0.476. The molecule has 1 unspecified atom stereocenters. The highest BCUT2D eigenvalue weighted by molar-refractivity contribution is 8.01. The predicted molar refractivity (Wildman–Crippen MR) is 55.5 cm³/mol. The van der Waals surface area contributed by atoms with Gasteiger partial charge in [0, 0.05) is 12.5 Å². The number of nitrogens with zero attached hydrogens (tertiary/aromatic N) is 1. The number of hydrogen-bond acceptors (Lipinski definition) is 5. The average Bonchev–Trinajstić information content (AvgIpc) is 2.64. The van der Waals surface area contributed by atoms with Gasteiger partial charge in [0.15, 0.2) is 0 Å². The Kier molecular flexibility index (Phi) is 4.75. The molecule has 0 aliphatic carbocycles. The smallest absolute Gasteiger partial charge is 0.322 e. The van der Waals surface area contributed by atoms with Crippen molar-refractivity contribution in [3.8, 4) is 0 Å². The Morgan fingerprint density at radius 2 is 2.64 bits per heavy atom. The highest BCUT2D eigenvalue weighted by Crippen LogP contribution is 2.11. The normalized spacial score (nSPS) is 22.4. The van der Waals surface area contributed by atoms with Crippen molar-refractivity contribution in [1.82, 2.24) is 5.32 Å². The Hall–Kier alpha value is -0.750. The molecular formula is C8H14N2O3S. The van der Waals surface area contributed by atoms with Crippen LogP contribution in [0.4, 0.5) is 0 Å². The van der Waals surface area contributed by atoms with E-state index >= 15 is 0 Å². The molecule has 5 nitrogen and oxygen atoms in total. The van der Waals surface area contributed by atoms with E-state index in [1.165, 1.54) is 17.2 Å². The summed E-state index contributed by atoms with van der Waals surface area (Å²) in [5, 5.41) is 14.9. The maximum atomic E-state index is 10.5. The summed E-state index contributed by atoms with van der Waals surface area (Å²) in [6, 6.07) is 0. The number of thioether (sulfide) groups is 1. The van der Waals surface area contributed by atoms with E-state index in [0.29, 0.717) is 19.1 Å². The van der Waals surface area contributed by atoms with Crippen molar-refractivity contribution in [3.63, 3.8) is 0 Å². The van der Waals surface area contributed by atoms with Gasteiger partial charge in [-0.1, -0.05) is 0 Å². The van der Waals surface area contributed by atoms with Crippen LogP contribution in [-0.2, 0) is 4.74 Å². The monoisotopic (exact) mass is 218 g/mol. The lowest BCUT2D eigenvalue weighted by Crippen LogP contribution is -2.26. The minimum atomic E-state index is -0.397. The minimum absolute atomic E-state index is 0.0735. The quantitative estimate of drug-likeness (QED) is 0.552. The summed E-state index contributed by atoms with van der Waals surface area (Å²) in [6.07, 6.45) is 2.78. The van der Waals surface area contributed by atoms with Crippen LogP contribution in [0.5, 0.6) is 0 Å². The van der Waals surface area contributed by atoms with Crippen molar-refractivity contribution in [2.75, 3.05) is 26.0 Å². The van der Waals surface area contributed by atoms with Crippen LogP contribution in [-0.4, -0.2) is 30.9 Å². The fourth-order valence-corrected chi connectivity index (χ4v) is 1.65. The van der Waals surface area contributed by atoms with Gasteiger partial charge in [-0.25, -0.2) is 0 Å². The SMILES string of the molecule is CSC=C(NCC1CCOC1)[N+](=O)[O-]. The first kappa shape index (κ1) is 11.3. The van der Waals surface area contributed by atoms with Crippen LogP contribution in [0.25, 0.3) is 0 Å². The first-order chi connectivity index (χ1) is 6.74. The zero-order valence-corrected chi connectivity index (χ0v) is 8.88. The van der Waals surface area contributed by atoms with E-state index in [1.54, 1.807) is 6.26 Å². The summed E-state index contributed by atoms with van der Waals surface area (Å²) in [6.45, 7) is 2.09. The number of nitrogens with one attached hydrogen (secondary N) is 1. The van der Waals surface area contributed by atoms with Gasteiger partial charge < -0.3 is 14.9 Å². The van der Waals surface area contributed by atoms with Crippen LogP contribution in [0.15, 0.2) is 11.2 Å². The third-order valence-electron chi connectivity index (χ3n) is 2.02. The highest BCUT2D eigenvalue weighted by Gasteiger charge is 2.19. The van der Waals surface area contributed by atoms with E-state index in [-0.39, 0.29) is 5.82 Å². The fourth-order valence-electron chi connectivity index (χ4n) is 1.25. The second-order valence-corrected chi connectivity index (χ2v) is 3.81. The van der Waals surface area contributed by atoms with Crippen LogP contribution < -0.4 is 5.32 Å². The lowest BCUT2D eigenvalue weighted by molar-refractivity contribution is -0.431. The second kappa shape index (κ2) is 5.87. The van der Waals surface area contributed by atoms with Crippen molar-refractivity contribution >= 4 is 11.8 Å². The minimum Gasteiger partial charge on any atom is -0.381 e. The molecule has 0 radical (unpaired) electrons. The highest BCUT2D eigenvalue weighted by atomic mass is 32.2.